The highest BCUT2D eigenvalue weighted by molar-refractivity contribution is 9.10. The second-order valence-corrected chi connectivity index (χ2v) is 15.1. The van der Waals surface area contributed by atoms with E-state index in [2.05, 4.69) is 93.7 Å². The number of nitrogens with one attached hydrogen (secondary N) is 4. The minimum Gasteiger partial charge on any atom is -0.466 e. The van der Waals surface area contributed by atoms with Gasteiger partial charge in [0.2, 0.25) is 11.8 Å². The van der Waals surface area contributed by atoms with Crippen molar-refractivity contribution in [1.29, 1.82) is 0 Å². The molecule has 0 aromatic carbocycles. The van der Waals surface area contributed by atoms with Crippen LogP contribution in [0.5, 0.6) is 11.8 Å². The first kappa shape index (κ1) is 46.9. The summed E-state index contributed by atoms with van der Waals surface area (Å²) in [6, 6.07) is 9.02. The molecule has 8 rings (SSSR count). The van der Waals surface area contributed by atoms with Gasteiger partial charge in [0.15, 0.2) is 46.8 Å². The molecule has 0 unspecified atom stereocenters. The molecule has 28 heteroatoms. The van der Waals surface area contributed by atoms with Gasteiger partial charge in [0, 0.05) is 49.7 Å². The highest BCUT2D eigenvalue weighted by Gasteiger charge is 2.27. The number of hydrogen-bond acceptors (Lipinski definition) is 16. The molecule has 8 heterocycles. The lowest BCUT2D eigenvalue weighted by Gasteiger charge is -2.18. The summed E-state index contributed by atoms with van der Waals surface area (Å²) in [5.74, 6) is -1.37. The number of nitrogens with zero attached hydrogens (tertiary/aromatic N) is 10. The van der Waals surface area contributed by atoms with Crippen LogP contribution in [-0.2, 0) is 33.2 Å². The van der Waals surface area contributed by atoms with E-state index in [0.717, 1.165) is 12.1 Å². The van der Waals surface area contributed by atoms with Crippen molar-refractivity contribution in [3.05, 3.63) is 91.1 Å². The highest BCUT2D eigenvalue weighted by atomic mass is 79.9. The van der Waals surface area contributed by atoms with E-state index in [9.17, 15) is 28.0 Å². The van der Waals surface area contributed by atoms with Crippen LogP contribution in [0.1, 0.15) is 37.2 Å². The van der Waals surface area contributed by atoms with Crippen molar-refractivity contribution in [1.82, 2.24) is 49.9 Å². The van der Waals surface area contributed by atoms with Gasteiger partial charge >= 0.3 is 12.2 Å². The summed E-state index contributed by atoms with van der Waals surface area (Å²) >= 11 is 18.0. The van der Waals surface area contributed by atoms with Crippen LogP contribution in [0.25, 0.3) is 11.4 Å². The van der Waals surface area contributed by atoms with Gasteiger partial charge < -0.3 is 29.6 Å². The molecule has 4 amide bonds. The fourth-order valence-corrected chi connectivity index (χ4v) is 6.60. The van der Waals surface area contributed by atoms with Crippen molar-refractivity contribution >= 4 is 102 Å². The Morgan fingerprint density at radius 2 is 1.23 bits per heavy atom. The minimum absolute atomic E-state index is 0.0232. The average molecular weight is 1060 g/mol. The number of aryl methyl sites for hydroxylation is 2. The molecule has 334 valence electrons. The van der Waals surface area contributed by atoms with Gasteiger partial charge in [-0.05, 0) is 57.8 Å². The smallest absolute Gasteiger partial charge is 0.413 e. The molecular weight excluding hydrogens is 1030 g/mol. The van der Waals surface area contributed by atoms with E-state index in [4.69, 9.17) is 42.1 Å². The van der Waals surface area contributed by atoms with Crippen LogP contribution >= 0.6 is 55.1 Å². The Morgan fingerprint density at radius 3 is 1.75 bits per heavy atom. The zero-order valence-electron chi connectivity index (χ0n) is 33.2. The molecule has 0 radical (unpaired) electrons. The van der Waals surface area contributed by atoms with Gasteiger partial charge in [0.05, 0.1) is 0 Å². The fourth-order valence-electron chi connectivity index (χ4n) is 5.35. The monoisotopic (exact) mass is 1050 g/mol. The maximum Gasteiger partial charge on any atom is 0.413 e. The lowest BCUT2D eigenvalue weighted by molar-refractivity contribution is -0.119. The molecule has 22 nitrogen and oxygen atoms in total. The largest absolute Gasteiger partial charge is 0.466 e. The van der Waals surface area contributed by atoms with Gasteiger partial charge in [0.1, 0.15) is 44.2 Å². The lowest BCUT2D eigenvalue weighted by Crippen LogP contribution is -2.26. The number of hydrogen-bond donors (Lipinski definition) is 4. The van der Waals surface area contributed by atoms with Crippen molar-refractivity contribution in [3.8, 4) is 23.1 Å². The number of carbonyl (C=O) groups excluding carboxylic acids is 4. The molecule has 0 saturated carbocycles. The van der Waals surface area contributed by atoms with Gasteiger partial charge in [-0.2, -0.15) is 0 Å². The van der Waals surface area contributed by atoms with Crippen molar-refractivity contribution < 1.29 is 46.9 Å². The standard InChI is InChI=1S/C18H15ClFN7O4.C11H11BrClN5O2.C7H4BrFN2O2/c1-8(9-4-3-5-21-15(9)19)31-18(29)24-16-14(25-26-27(16)2)13-10(20)6-11-17(23-13)30-7-12(28)22-11;1-6(7-4-3-5-14-9(7)13)20-11(19)15-10-8(12)16-17-18(10)2;8-6-3(9)1-4-7(11-6)13-2-5(12)10-4/h3-6,8H,7H2,1-2H3,(H,22,28)(H,24,29);3-6H,1-2H3,(H,15,19);1H,2H2,(H,10,12)/t8-;6-;/m11./s1. The summed E-state index contributed by atoms with van der Waals surface area (Å²) < 4.78 is 51.5. The van der Waals surface area contributed by atoms with Gasteiger partial charge in [-0.1, -0.05) is 45.8 Å². The van der Waals surface area contributed by atoms with Crippen LogP contribution in [0.4, 0.5) is 41.4 Å². The van der Waals surface area contributed by atoms with E-state index in [0.29, 0.717) is 26.7 Å². The molecule has 0 fully saturated rings. The number of rotatable bonds is 7. The van der Waals surface area contributed by atoms with Crippen LogP contribution < -0.4 is 30.7 Å². The summed E-state index contributed by atoms with van der Waals surface area (Å²) in [5, 5.41) is 25.6. The molecule has 4 N–H and O–H groups in total. The second-order valence-electron chi connectivity index (χ2n) is 12.8. The summed E-state index contributed by atoms with van der Waals surface area (Å²) in [7, 11) is 3.15. The molecule has 6 aromatic heterocycles. The molecule has 6 aromatic rings. The van der Waals surface area contributed by atoms with Gasteiger partial charge in [-0.25, -0.2) is 47.7 Å². The Labute approximate surface area is 386 Å². The predicted octanol–water partition coefficient (Wildman–Crippen LogP) is 6.96. The van der Waals surface area contributed by atoms with E-state index in [-0.39, 0.29) is 69.2 Å². The second kappa shape index (κ2) is 20.7. The Bertz CT molecular complexity index is 2730. The lowest BCUT2D eigenvalue weighted by atomic mass is 10.2. The predicted molar refractivity (Wildman–Crippen MR) is 229 cm³/mol. The normalized spacial score (nSPS) is 13.3. The third-order valence-electron chi connectivity index (χ3n) is 8.36. The van der Waals surface area contributed by atoms with Crippen molar-refractivity contribution in [2.75, 3.05) is 34.5 Å². The molecule has 2 atom stereocenters. The number of halogens is 6. The third-order valence-corrected chi connectivity index (χ3v) is 10.1. The van der Waals surface area contributed by atoms with Gasteiger partial charge in [0.25, 0.3) is 11.8 Å². The van der Waals surface area contributed by atoms with E-state index in [1.807, 2.05) is 0 Å². The number of ether oxygens (including phenoxy) is 4. The van der Waals surface area contributed by atoms with Crippen LogP contribution in [0.2, 0.25) is 10.3 Å². The minimum atomic E-state index is -0.846. The first-order valence-corrected chi connectivity index (χ1v) is 20.4. The number of anilines is 4. The van der Waals surface area contributed by atoms with Crippen molar-refractivity contribution in [3.63, 3.8) is 0 Å². The van der Waals surface area contributed by atoms with Gasteiger partial charge in [-0.3, -0.25) is 20.2 Å². The van der Waals surface area contributed by atoms with E-state index >= 15 is 0 Å². The quantitative estimate of drug-likeness (QED) is 0.118. The first-order valence-electron chi connectivity index (χ1n) is 18.0. The van der Waals surface area contributed by atoms with Crippen LogP contribution in [0, 0.1) is 11.6 Å². The maximum atomic E-state index is 14.7. The summed E-state index contributed by atoms with van der Waals surface area (Å²) in [6.07, 6.45) is 0.362. The molecular formula is C36H30Br2Cl2F2N14O8. The molecule has 0 bridgehead atoms. The number of pyridine rings is 4. The third kappa shape index (κ3) is 11.5. The van der Waals surface area contributed by atoms with Crippen LogP contribution in [0.3, 0.4) is 0 Å². The molecule has 0 aliphatic carbocycles. The zero-order valence-corrected chi connectivity index (χ0v) is 37.9. The number of amides is 4. The molecule has 2 aliphatic rings. The van der Waals surface area contributed by atoms with E-state index in [1.165, 1.54) is 22.6 Å². The Morgan fingerprint density at radius 1 is 0.750 bits per heavy atom. The maximum absolute atomic E-state index is 14.7. The zero-order chi connectivity index (χ0) is 46.2. The molecule has 64 heavy (non-hydrogen) atoms. The van der Waals surface area contributed by atoms with Gasteiger partial charge in [-0.15, -0.1) is 10.2 Å². The first-order chi connectivity index (χ1) is 30.5. The average Bonchev–Trinajstić information content (AvgIpc) is 3.76. The highest BCUT2D eigenvalue weighted by Crippen LogP contribution is 2.34. The molecule has 0 spiro atoms. The summed E-state index contributed by atoms with van der Waals surface area (Å²) in [5.41, 5.74) is 1.24. The van der Waals surface area contributed by atoms with E-state index in [1.54, 1.807) is 51.4 Å². The topological polar surface area (TPSA) is 266 Å². The van der Waals surface area contributed by atoms with Crippen LogP contribution in [-0.4, -0.2) is 87.1 Å². The SMILES string of the molecule is C[C@@H](OC(=O)Nc1c(-c2nc3c(cc2F)NC(=O)CO3)nnn1C)c1cccnc1Cl.C[C@@H](OC(=O)Nc1c(Br)nnn1C)c1cccnc1Cl.O=C1COc2nc(Br)c(F)cc2N1. The van der Waals surface area contributed by atoms with Crippen LogP contribution in [0.15, 0.2) is 58.0 Å². The number of fused-ring (bicyclic) bond motifs is 2. The Kier molecular flexibility index (Phi) is 15.1. The Balaban J connectivity index is 0.000000176. The van der Waals surface area contributed by atoms with Crippen molar-refractivity contribution in [2.45, 2.75) is 26.1 Å². The Hall–Kier alpha value is -6.64. The van der Waals surface area contributed by atoms with Crippen molar-refractivity contribution in [2.24, 2.45) is 14.1 Å². The number of carbonyl (C=O) groups is 4. The fraction of sp³-hybridized carbons (Fsp3) is 0.222. The molecule has 2 aliphatic heterocycles. The van der Waals surface area contributed by atoms with E-state index < -0.39 is 41.9 Å². The summed E-state index contributed by atoms with van der Waals surface area (Å²) in [6.45, 7) is 3.00. The molecule has 0 saturated heterocycles. The number of aromatic nitrogens is 10. The summed E-state index contributed by atoms with van der Waals surface area (Å²) in [4.78, 5) is 62.2.